The van der Waals surface area contributed by atoms with E-state index in [0.717, 1.165) is 17.8 Å². The van der Waals surface area contributed by atoms with Crippen molar-refractivity contribution in [2.24, 2.45) is 11.8 Å². The van der Waals surface area contributed by atoms with Crippen LogP contribution in [-0.2, 0) is 6.42 Å². The Morgan fingerprint density at radius 2 is 1.59 bits per heavy atom. The molecule has 94 valence electrons. The van der Waals surface area contributed by atoms with Crippen LogP contribution in [0.3, 0.4) is 0 Å². The molecule has 0 amide bonds. The average Bonchev–Trinajstić information content (AvgIpc) is 2.82. The summed E-state index contributed by atoms with van der Waals surface area (Å²) in [5.74, 6) is 2.45. The highest BCUT2D eigenvalue weighted by Crippen LogP contribution is 2.36. The first-order chi connectivity index (χ1) is 8.16. The Labute approximate surface area is 106 Å². The van der Waals surface area contributed by atoms with Gasteiger partial charge in [0.05, 0.1) is 0 Å². The van der Waals surface area contributed by atoms with Crippen LogP contribution in [0.4, 0.5) is 0 Å². The highest BCUT2D eigenvalue weighted by molar-refractivity contribution is 5.26. The second-order valence-electron chi connectivity index (χ2n) is 6.17. The molecule has 0 aromatic heterocycles. The summed E-state index contributed by atoms with van der Waals surface area (Å²) in [6, 6.07) is 9.39. The van der Waals surface area contributed by atoms with Gasteiger partial charge in [0.2, 0.25) is 0 Å². The van der Waals surface area contributed by atoms with Crippen molar-refractivity contribution in [2.45, 2.75) is 58.8 Å². The van der Waals surface area contributed by atoms with Crippen LogP contribution in [0.2, 0.25) is 0 Å². The van der Waals surface area contributed by atoms with E-state index in [0.29, 0.717) is 0 Å². The van der Waals surface area contributed by atoms with Gasteiger partial charge >= 0.3 is 0 Å². The van der Waals surface area contributed by atoms with E-state index >= 15 is 0 Å². The molecular weight excluding hydrogens is 204 g/mol. The molecule has 1 saturated carbocycles. The van der Waals surface area contributed by atoms with Crippen LogP contribution < -0.4 is 0 Å². The third-order valence-electron chi connectivity index (χ3n) is 4.26. The van der Waals surface area contributed by atoms with Crippen molar-refractivity contribution in [3.63, 3.8) is 0 Å². The van der Waals surface area contributed by atoms with Crippen molar-refractivity contribution in [1.29, 1.82) is 0 Å². The van der Waals surface area contributed by atoms with E-state index in [4.69, 9.17) is 0 Å². The second-order valence-corrected chi connectivity index (χ2v) is 6.17. The van der Waals surface area contributed by atoms with E-state index in [9.17, 15) is 0 Å². The standard InChI is InChI=1S/C17H26/c1-13(2)12-15-8-10-17(11-9-15)14(3)16-6-4-5-7-16/h8-11,13-14,16H,4-7,12H2,1-3H3/t14-/m1/s1. The molecule has 0 nitrogen and oxygen atoms in total. The van der Waals surface area contributed by atoms with Crippen LogP contribution in [0.15, 0.2) is 24.3 Å². The van der Waals surface area contributed by atoms with Crippen LogP contribution in [0.1, 0.15) is 63.5 Å². The van der Waals surface area contributed by atoms with Gasteiger partial charge in [0, 0.05) is 0 Å². The molecule has 1 fully saturated rings. The molecule has 1 aliphatic carbocycles. The van der Waals surface area contributed by atoms with Gasteiger partial charge in [-0.2, -0.15) is 0 Å². The third kappa shape index (κ3) is 3.34. The minimum absolute atomic E-state index is 0.755. The number of benzene rings is 1. The molecule has 0 spiro atoms. The van der Waals surface area contributed by atoms with Crippen molar-refractivity contribution in [2.75, 3.05) is 0 Å². The Morgan fingerprint density at radius 1 is 1.00 bits per heavy atom. The summed E-state index contributed by atoms with van der Waals surface area (Å²) < 4.78 is 0. The van der Waals surface area contributed by atoms with Gasteiger partial charge < -0.3 is 0 Å². The van der Waals surface area contributed by atoms with E-state index in [1.54, 1.807) is 5.56 Å². The van der Waals surface area contributed by atoms with Crippen molar-refractivity contribution in [3.05, 3.63) is 35.4 Å². The average molecular weight is 230 g/mol. The lowest BCUT2D eigenvalue weighted by Crippen LogP contribution is -2.06. The zero-order valence-electron chi connectivity index (χ0n) is 11.6. The Morgan fingerprint density at radius 3 is 2.12 bits per heavy atom. The van der Waals surface area contributed by atoms with Gasteiger partial charge in [-0.1, -0.05) is 57.9 Å². The van der Waals surface area contributed by atoms with E-state index in [1.165, 1.54) is 37.7 Å². The maximum atomic E-state index is 2.41. The summed E-state index contributed by atoms with van der Waals surface area (Å²) in [6.07, 6.45) is 6.97. The lowest BCUT2D eigenvalue weighted by Gasteiger charge is -2.19. The van der Waals surface area contributed by atoms with Crippen LogP contribution >= 0.6 is 0 Å². The van der Waals surface area contributed by atoms with Crippen molar-refractivity contribution >= 4 is 0 Å². The lowest BCUT2D eigenvalue weighted by molar-refractivity contribution is 0.461. The molecule has 0 radical (unpaired) electrons. The minimum atomic E-state index is 0.755. The first-order valence-corrected chi connectivity index (χ1v) is 7.25. The van der Waals surface area contributed by atoms with Crippen molar-refractivity contribution in [1.82, 2.24) is 0 Å². The summed E-state index contributed by atoms with van der Waals surface area (Å²) in [7, 11) is 0. The van der Waals surface area contributed by atoms with Crippen LogP contribution in [0, 0.1) is 11.8 Å². The van der Waals surface area contributed by atoms with Crippen LogP contribution in [0.5, 0.6) is 0 Å². The molecule has 0 unspecified atom stereocenters. The van der Waals surface area contributed by atoms with Gasteiger partial charge in [-0.25, -0.2) is 0 Å². The van der Waals surface area contributed by atoms with Gasteiger partial charge in [0.15, 0.2) is 0 Å². The summed E-state index contributed by atoms with van der Waals surface area (Å²) in [5, 5.41) is 0. The molecule has 0 N–H and O–H groups in total. The molecule has 1 aliphatic rings. The maximum absolute atomic E-state index is 2.41. The Hall–Kier alpha value is -0.780. The molecule has 1 atom stereocenters. The fourth-order valence-electron chi connectivity index (χ4n) is 3.16. The Balaban J connectivity index is 2.01. The Kier molecular flexibility index (Phi) is 4.25. The topological polar surface area (TPSA) is 0 Å². The van der Waals surface area contributed by atoms with Gasteiger partial charge in [-0.3, -0.25) is 0 Å². The quantitative estimate of drug-likeness (QED) is 0.668. The molecule has 0 heterocycles. The Bertz CT molecular complexity index is 328. The molecule has 0 saturated heterocycles. The van der Waals surface area contributed by atoms with Crippen LogP contribution in [0.25, 0.3) is 0 Å². The summed E-state index contributed by atoms with van der Waals surface area (Å²) in [5.41, 5.74) is 3.03. The number of hydrogen-bond donors (Lipinski definition) is 0. The van der Waals surface area contributed by atoms with E-state index in [1.807, 2.05) is 0 Å². The predicted octanol–water partition coefficient (Wildman–Crippen LogP) is 5.18. The van der Waals surface area contributed by atoms with E-state index < -0.39 is 0 Å². The summed E-state index contributed by atoms with van der Waals surface area (Å²) in [4.78, 5) is 0. The van der Waals surface area contributed by atoms with E-state index in [2.05, 4.69) is 45.0 Å². The van der Waals surface area contributed by atoms with Gasteiger partial charge in [-0.15, -0.1) is 0 Å². The monoisotopic (exact) mass is 230 g/mol. The highest BCUT2D eigenvalue weighted by atomic mass is 14.3. The zero-order chi connectivity index (χ0) is 12.3. The lowest BCUT2D eigenvalue weighted by atomic mass is 9.86. The minimum Gasteiger partial charge on any atom is -0.0625 e. The molecule has 0 aliphatic heterocycles. The molecule has 0 bridgehead atoms. The fourth-order valence-corrected chi connectivity index (χ4v) is 3.16. The highest BCUT2D eigenvalue weighted by Gasteiger charge is 2.22. The molecule has 1 aromatic rings. The van der Waals surface area contributed by atoms with Crippen molar-refractivity contribution < 1.29 is 0 Å². The first kappa shape index (κ1) is 12.7. The summed E-state index contributed by atoms with van der Waals surface area (Å²) in [6.45, 7) is 6.98. The van der Waals surface area contributed by atoms with Gasteiger partial charge in [-0.05, 0) is 48.1 Å². The number of hydrogen-bond acceptors (Lipinski definition) is 0. The molecule has 0 heteroatoms. The maximum Gasteiger partial charge on any atom is -0.0162 e. The van der Waals surface area contributed by atoms with Crippen LogP contribution in [-0.4, -0.2) is 0 Å². The molecule has 17 heavy (non-hydrogen) atoms. The predicted molar refractivity (Wildman–Crippen MR) is 75.4 cm³/mol. The molecule has 2 rings (SSSR count). The van der Waals surface area contributed by atoms with Gasteiger partial charge in [0.1, 0.15) is 0 Å². The largest absolute Gasteiger partial charge is 0.0625 e. The normalized spacial score (nSPS) is 18.8. The summed E-state index contributed by atoms with van der Waals surface area (Å²) >= 11 is 0. The smallest absolute Gasteiger partial charge is 0.0162 e. The van der Waals surface area contributed by atoms with E-state index in [-0.39, 0.29) is 0 Å². The first-order valence-electron chi connectivity index (χ1n) is 7.25. The third-order valence-corrected chi connectivity index (χ3v) is 4.26. The fraction of sp³-hybridized carbons (Fsp3) is 0.647. The molecular formula is C17H26. The SMILES string of the molecule is CC(C)Cc1ccc([C@H](C)C2CCCC2)cc1. The number of rotatable bonds is 4. The zero-order valence-corrected chi connectivity index (χ0v) is 11.6. The van der Waals surface area contributed by atoms with Crippen molar-refractivity contribution in [3.8, 4) is 0 Å². The molecule has 1 aromatic carbocycles. The second kappa shape index (κ2) is 5.71. The van der Waals surface area contributed by atoms with Gasteiger partial charge in [0.25, 0.3) is 0 Å².